The van der Waals surface area contributed by atoms with Gasteiger partial charge in [0.2, 0.25) is 10.0 Å². The first-order chi connectivity index (χ1) is 15.5. The molecule has 2 aromatic carbocycles. The first kappa shape index (κ1) is 24.8. The Labute approximate surface area is 191 Å². The van der Waals surface area contributed by atoms with Gasteiger partial charge in [0.25, 0.3) is 5.91 Å². The molecule has 1 heterocycles. The molecular formula is C22H26F3N3O4S. The summed E-state index contributed by atoms with van der Waals surface area (Å²) in [5.41, 5.74) is 0.659. The van der Waals surface area contributed by atoms with Gasteiger partial charge in [0.05, 0.1) is 11.3 Å². The zero-order chi connectivity index (χ0) is 24.1. The van der Waals surface area contributed by atoms with Gasteiger partial charge in [0.15, 0.2) is 6.61 Å². The quantitative estimate of drug-likeness (QED) is 0.622. The van der Waals surface area contributed by atoms with Crippen molar-refractivity contribution in [3.8, 4) is 5.75 Å². The van der Waals surface area contributed by atoms with Crippen LogP contribution < -0.4 is 15.0 Å². The van der Waals surface area contributed by atoms with Crippen molar-refractivity contribution < 1.29 is 31.1 Å². The molecule has 0 radical (unpaired) electrons. The highest BCUT2D eigenvalue weighted by Gasteiger charge is 2.32. The number of halogens is 3. The van der Waals surface area contributed by atoms with Crippen molar-refractivity contribution in [1.29, 1.82) is 0 Å². The molecule has 3 rings (SSSR count). The van der Waals surface area contributed by atoms with Crippen LogP contribution in [0.15, 0.2) is 48.5 Å². The van der Waals surface area contributed by atoms with Gasteiger partial charge in [-0.25, -0.2) is 8.42 Å². The second-order valence-electron chi connectivity index (χ2n) is 7.71. The van der Waals surface area contributed by atoms with Crippen LogP contribution in [0.4, 0.5) is 18.9 Å². The summed E-state index contributed by atoms with van der Waals surface area (Å²) in [6.07, 6.45) is -4.43. The Bertz CT molecular complexity index is 1070. The van der Waals surface area contributed by atoms with Crippen LogP contribution in [-0.2, 0) is 21.0 Å². The van der Waals surface area contributed by atoms with E-state index in [-0.39, 0.29) is 45.1 Å². The second-order valence-corrected chi connectivity index (χ2v) is 9.79. The van der Waals surface area contributed by atoms with E-state index in [4.69, 9.17) is 4.74 Å². The van der Waals surface area contributed by atoms with Crippen LogP contribution in [0.25, 0.3) is 0 Å². The third-order valence-electron chi connectivity index (χ3n) is 5.21. The van der Waals surface area contributed by atoms with E-state index in [0.717, 1.165) is 17.7 Å². The first-order valence-corrected chi connectivity index (χ1v) is 12.0. The number of alkyl halides is 3. The minimum absolute atomic E-state index is 0.0633. The average molecular weight is 486 g/mol. The number of nitrogens with zero attached hydrogens (tertiary/aromatic N) is 2. The number of piperazine rings is 1. The predicted molar refractivity (Wildman–Crippen MR) is 119 cm³/mol. The van der Waals surface area contributed by atoms with Crippen molar-refractivity contribution in [2.45, 2.75) is 13.1 Å². The van der Waals surface area contributed by atoms with Gasteiger partial charge >= 0.3 is 6.18 Å². The summed E-state index contributed by atoms with van der Waals surface area (Å²) < 4.78 is 70.7. The highest BCUT2D eigenvalue weighted by molar-refractivity contribution is 7.89. The maximum Gasteiger partial charge on any atom is 0.416 e. The van der Waals surface area contributed by atoms with Crippen LogP contribution in [0, 0.1) is 6.92 Å². The lowest BCUT2D eigenvalue weighted by molar-refractivity contribution is -0.137. The molecule has 0 bridgehead atoms. The summed E-state index contributed by atoms with van der Waals surface area (Å²) in [5.74, 6) is -0.148. The lowest BCUT2D eigenvalue weighted by atomic mass is 10.1. The Hall–Kier alpha value is -2.79. The molecule has 33 heavy (non-hydrogen) atoms. The van der Waals surface area contributed by atoms with Gasteiger partial charge in [-0.3, -0.25) is 4.79 Å². The molecular weight excluding hydrogens is 459 g/mol. The predicted octanol–water partition coefficient (Wildman–Crippen LogP) is 2.66. The van der Waals surface area contributed by atoms with Crippen LogP contribution in [0.5, 0.6) is 5.75 Å². The summed E-state index contributed by atoms with van der Waals surface area (Å²) in [4.78, 5) is 13.7. The van der Waals surface area contributed by atoms with Crippen molar-refractivity contribution >= 4 is 21.6 Å². The van der Waals surface area contributed by atoms with E-state index in [1.807, 2.05) is 19.1 Å². The van der Waals surface area contributed by atoms with Crippen LogP contribution in [0.2, 0.25) is 0 Å². The number of anilines is 1. The molecule has 0 saturated carbocycles. The van der Waals surface area contributed by atoms with E-state index in [0.29, 0.717) is 11.4 Å². The number of amides is 1. The van der Waals surface area contributed by atoms with Gasteiger partial charge < -0.3 is 15.0 Å². The van der Waals surface area contributed by atoms with Crippen molar-refractivity contribution in [3.05, 3.63) is 59.7 Å². The highest BCUT2D eigenvalue weighted by Crippen LogP contribution is 2.32. The number of benzene rings is 2. The first-order valence-electron chi connectivity index (χ1n) is 10.4. The number of ether oxygens (including phenoxy) is 1. The van der Waals surface area contributed by atoms with Gasteiger partial charge in [-0.1, -0.05) is 18.2 Å². The standard InChI is InChI=1S/C22H26F3N3O4S/c1-17-4-2-7-20(14-17)32-16-21(29)26-8-13-33(30,31)28-11-9-27(10-12-28)19-6-3-5-18(15-19)22(23,24)25/h2-7,14-15H,8-13,16H2,1H3,(H,26,29). The molecule has 180 valence electrons. The monoisotopic (exact) mass is 485 g/mol. The Balaban J connectivity index is 1.44. The molecule has 0 atom stereocenters. The van der Waals surface area contributed by atoms with Crippen molar-refractivity contribution in [2.24, 2.45) is 0 Å². The molecule has 0 spiro atoms. The maximum absolute atomic E-state index is 12.9. The molecule has 1 saturated heterocycles. The molecule has 1 N–H and O–H groups in total. The molecule has 7 nitrogen and oxygen atoms in total. The van der Waals surface area contributed by atoms with Crippen LogP contribution in [0.3, 0.4) is 0 Å². The molecule has 1 amide bonds. The molecule has 1 aliphatic rings. The van der Waals surface area contributed by atoms with E-state index in [1.165, 1.54) is 10.4 Å². The highest BCUT2D eigenvalue weighted by atomic mass is 32.2. The van der Waals surface area contributed by atoms with E-state index in [2.05, 4.69) is 5.32 Å². The number of nitrogens with one attached hydrogen (secondary N) is 1. The number of sulfonamides is 1. The SMILES string of the molecule is Cc1cccc(OCC(=O)NCCS(=O)(=O)N2CCN(c3cccc(C(F)(F)F)c3)CC2)c1. The van der Waals surface area contributed by atoms with E-state index < -0.39 is 27.7 Å². The number of hydrogen-bond donors (Lipinski definition) is 1. The van der Waals surface area contributed by atoms with Crippen LogP contribution in [-0.4, -0.2) is 63.7 Å². The van der Waals surface area contributed by atoms with Gasteiger partial charge in [0, 0.05) is 38.4 Å². The molecule has 0 aromatic heterocycles. The summed E-state index contributed by atoms with van der Waals surface area (Å²) >= 11 is 0. The normalized spacial score (nSPS) is 15.3. The molecule has 2 aromatic rings. The molecule has 1 fully saturated rings. The Morgan fingerprint density at radius 3 is 2.42 bits per heavy atom. The molecule has 0 aliphatic carbocycles. The Kier molecular flexibility index (Phi) is 7.85. The number of hydrogen-bond acceptors (Lipinski definition) is 5. The topological polar surface area (TPSA) is 78.9 Å². The summed E-state index contributed by atoms with van der Waals surface area (Å²) in [6, 6.07) is 12.2. The number of carbonyl (C=O) groups is 1. The summed E-state index contributed by atoms with van der Waals surface area (Å²) in [7, 11) is -3.62. The minimum atomic E-state index is -4.43. The molecule has 1 aliphatic heterocycles. The van der Waals surface area contributed by atoms with Crippen LogP contribution in [0.1, 0.15) is 11.1 Å². The number of aryl methyl sites for hydroxylation is 1. The second kappa shape index (κ2) is 10.4. The minimum Gasteiger partial charge on any atom is -0.484 e. The lowest BCUT2D eigenvalue weighted by Crippen LogP contribution is -2.50. The van der Waals surface area contributed by atoms with Gasteiger partial charge in [0.1, 0.15) is 5.75 Å². The Morgan fingerprint density at radius 2 is 1.76 bits per heavy atom. The van der Waals surface area contributed by atoms with Crippen molar-refractivity contribution in [1.82, 2.24) is 9.62 Å². The lowest BCUT2D eigenvalue weighted by Gasteiger charge is -2.35. The smallest absolute Gasteiger partial charge is 0.416 e. The van der Waals surface area contributed by atoms with Crippen LogP contribution >= 0.6 is 0 Å². The fourth-order valence-electron chi connectivity index (χ4n) is 3.46. The summed E-state index contributed by atoms with van der Waals surface area (Å²) in [6.45, 7) is 2.48. The largest absolute Gasteiger partial charge is 0.484 e. The zero-order valence-corrected chi connectivity index (χ0v) is 19.0. The fourth-order valence-corrected chi connectivity index (χ4v) is 4.79. The van der Waals surface area contributed by atoms with E-state index in [9.17, 15) is 26.4 Å². The maximum atomic E-state index is 12.9. The number of rotatable bonds is 8. The van der Waals surface area contributed by atoms with Gasteiger partial charge in [-0.15, -0.1) is 0 Å². The van der Waals surface area contributed by atoms with Gasteiger partial charge in [-0.2, -0.15) is 17.5 Å². The van der Waals surface area contributed by atoms with E-state index in [1.54, 1.807) is 23.1 Å². The Morgan fingerprint density at radius 1 is 1.06 bits per heavy atom. The zero-order valence-electron chi connectivity index (χ0n) is 18.1. The van der Waals surface area contributed by atoms with Gasteiger partial charge in [-0.05, 0) is 42.8 Å². The van der Waals surface area contributed by atoms with E-state index >= 15 is 0 Å². The molecule has 0 unspecified atom stereocenters. The van der Waals surface area contributed by atoms with Crippen molar-refractivity contribution in [3.63, 3.8) is 0 Å². The van der Waals surface area contributed by atoms with Crippen molar-refractivity contribution in [2.75, 3.05) is 50.0 Å². The number of carbonyl (C=O) groups excluding carboxylic acids is 1. The fraction of sp³-hybridized carbons (Fsp3) is 0.409. The summed E-state index contributed by atoms with van der Waals surface area (Å²) in [5, 5.41) is 2.53. The molecule has 11 heteroatoms. The average Bonchev–Trinajstić information content (AvgIpc) is 2.77. The third kappa shape index (κ3) is 7.10. The third-order valence-corrected chi connectivity index (χ3v) is 7.08.